The molecule has 0 aliphatic rings. The van der Waals surface area contributed by atoms with Gasteiger partial charge < -0.3 is 0 Å². The minimum absolute atomic E-state index is 0.815. The molecule has 0 spiro atoms. The van der Waals surface area contributed by atoms with E-state index in [0.717, 1.165) is 6.34 Å². The standard InChI is InChI=1S/CH2N2S/c2-1-3-4/h1-2H. The van der Waals surface area contributed by atoms with Gasteiger partial charge >= 0.3 is 0 Å². The lowest BCUT2D eigenvalue weighted by Crippen LogP contribution is -1.41. The van der Waals surface area contributed by atoms with Crippen molar-refractivity contribution in [2.45, 2.75) is 0 Å². The predicted molar refractivity (Wildman–Crippen MR) is 18.6 cm³/mol. The minimum atomic E-state index is 0.815. The molecule has 0 aliphatic carbocycles. The molecule has 0 rings (SSSR count). The van der Waals surface area contributed by atoms with Crippen LogP contribution in [-0.2, 0) is 12.4 Å². The molecule has 0 radical (unpaired) electrons. The molecule has 0 aromatic rings. The summed E-state index contributed by atoms with van der Waals surface area (Å²) in [6.07, 6.45) is 0.815. The van der Waals surface area contributed by atoms with Crippen LogP contribution in [0.25, 0.3) is 0 Å². The molecule has 4 heavy (non-hydrogen) atoms. The summed E-state index contributed by atoms with van der Waals surface area (Å²) in [5, 5.41) is 6.06. The second-order valence-electron chi connectivity index (χ2n) is 0.235. The van der Waals surface area contributed by atoms with E-state index in [1.807, 2.05) is 0 Å². The maximum absolute atomic E-state index is 6.06. The largest absolute Gasteiger partial charge is 0.289 e. The second-order valence-corrected chi connectivity index (χ2v) is 0.445. The van der Waals surface area contributed by atoms with Crippen molar-refractivity contribution >= 4 is 18.8 Å². The van der Waals surface area contributed by atoms with Crippen LogP contribution >= 0.6 is 0 Å². The highest BCUT2D eigenvalue weighted by atomic mass is 32.1. The Morgan fingerprint density at radius 3 is 2.25 bits per heavy atom. The molecular weight excluding hydrogens is 72.1 g/mol. The summed E-state index contributed by atoms with van der Waals surface area (Å²) in [4.78, 5) is 0. The van der Waals surface area contributed by atoms with E-state index in [-0.39, 0.29) is 0 Å². The Morgan fingerprint density at radius 2 is 2.25 bits per heavy atom. The van der Waals surface area contributed by atoms with E-state index >= 15 is 0 Å². The molecule has 3 heteroatoms. The van der Waals surface area contributed by atoms with Gasteiger partial charge in [0.2, 0.25) is 0 Å². The molecule has 0 unspecified atom stereocenters. The highest BCUT2D eigenvalue weighted by molar-refractivity contribution is 7.47. The van der Waals surface area contributed by atoms with Gasteiger partial charge in [-0.25, -0.2) is 0 Å². The zero-order chi connectivity index (χ0) is 3.41. The average molecular weight is 74.1 g/mol. The van der Waals surface area contributed by atoms with Gasteiger partial charge in [-0.1, -0.05) is 0 Å². The molecule has 0 amide bonds. The SMILES string of the molecule is N=CN=S. The molecule has 0 saturated heterocycles. The second kappa shape index (κ2) is 2.69. The van der Waals surface area contributed by atoms with Gasteiger partial charge in [-0.2, -0.15) is 4.36 Å². The Labute approximate surface area is 29.5 Å². The Balaban J connectivity index is 2.73. The van der Waals surface area contributed by atoms with E-state index in [2.05, 4.69) is 16.8 Å². The Morgan fingerprint density at radius 1 is 2.00 bits per heavy atom. The summed E-state index contributed by atoms with van der Waals surface area (Å²) in [6.45, 7) is 0. The van der Waals surface area contributed by atoms with Crippen molar-refractivity contribution in [1.82, 2.24) is 0 Å². The summed E-state index contributed by atoms with van der Waals surface area (Å²) in [6, 6.07) is 0. The lowest BCUT2D eigenvalue weighted by atomic mass is 11.4. The molecule has 1 N–H and O–H groups in total. The van der Waals surface area contributed by atoms with Crippen molar-refractivity contribution < 1.29 is 0 Å². The number of hydrogen-bond donors (Lipinski definition) is 1. The van der Waals surface area contributed by atoms with Crippen LogP contribution < -0.4 is 0 Å². The zero-order valence-corrected chi connectivity index (χ0v) is 2.75. The number of nitrogens with zero attached hydrogens (tertiary/aromatic N) is 1. The Hall–Kier alpha value is -0.310. The lowest BCUT2D eigenvalue weighted by Gasteiger charge is -1.42. The van der Waals surface area contributed by atoms with Crippen LogP contribution in [0.1, 0.15) is 0 Å². The molecule has 0 heterocycles. The van der Waals surface area contributed by atoms with Crippen molar-refractivity contribution in [2.24, 2.45) is 4.36 Å². The van der Waals surface area contributed by atoms with Crippen LogP contribution in [0.3, 0.4) is 0 Å². The van der Waals surface area contributed by atoms with E-state index in [1.54, 1.807) is 0 Å². The molecule has 22 valence electrons. The van der Waals surface area contributed by atoms with Crippen molar-refractivity contribution in [3.05, 3.63) is 0 Å². The highest BCUT2D eigenvalue weighted by Crippen LogP contribution is 1.36. The topological polar surface area (TPSA) is 36.2 Å². The number of nitrogens with one attached hydrogen (secondary N) is 1. The fourth-order valence-electron chi connectivity index (χ4n) is 0. The number of rotatable bonds is 1. The molecule has 0 aromatic carbocycles. The molecule has 0 saturated carbocycles. The van der Waals surface area contributed by atoms with Gasteiger partial charge in [0.1, 0.15) is 6.34 Å². The quantitative estimate of drug-likeness (QED) is 0.353. The third-order valence-corrected chi connectivity index (χ3v) is 0.158. The monoisotopic (exact) mass is 74.0 g/mol. The summed E-state index contributed by atoms with van der Waals surface area (Å²) >= 11 is 3.94. The molecule has 0 aromatic heterocycles. The van der Waals surface area contributed by atoms with Gasteiger partial charge in [0, 0.05) is 12.4 Å². The maximum Gasteiger partial charge on any atom is 0.121 e. The lowest BCUT2D eigenvalue weighted by molar-refractivity contribution is 1.53. The van der Waals surface area contributed by atoms with E-state index in [4.69, 9.17) is 5.41 Å². The van der Waals surface area contributed by atoms with Crippen LogP contribution in [0, 0.1) is 5.41 Å². The maximum atomic E-state index is 6.06. The van der Waals surface area contributed by atoms with Crippen molar-refractivity contribution in [1.29, 1.82) is 5.41 Å². The average Bonchev–Trinajstić information content (AvgIpc) is 1.37. The third kappa shape index (κ3) is 1.69. The predicted octanol–water partition coefficient (Wildman–Crippen LogP) is 0.324. The Kier molecular flexibility index (Phi) is 2.48. The van der Waals surface area contributed by atoms with Crippen LogP contribution in [0.5, 0.6) is 0 Å². The molecular formula is CH2N2S. The first-order valence-corrected chi connectivity index (χ1v) is 1.09. The van der Waals surface area contributed by atoms with E-state index in [0.29, 0.717) is 0 Å². The van der Waals surface area contributed by atoms with Gasteiger partial charge in [-0.05, 0) is 0 Å². The van der Waals surface area contributed by atoms with Gasteiger partial charge in [-0.3, -0.25) is 5.41 Å². The first-order chi connectivity index (χ1) is 1.91. The van der Waals surface area contributed by atoms with Crippen molar-refractivity contribution in [2.75, 3.05) is 0 Å². The van der Waals surface area contributed by atoms with Crippen molar-refractivity contribution in [3.63, 3.8) is 0 Å². The van der Waals surface area contributed by atoms with Gasteiger partial charge in [-0.15, -0.1) is 0 Å². The number of hydrogen-bond acceptors (Lipinski definition) is 2. The molecule has 0 fully saturated rings. The fraction of sp³-hybridized carbons (Fsp3) is 0. The van der Waals surface area contributed by atoms with E-state index in [9.17, 15) is 0 Å². The van der Waals surface area contributed by atoms with E-state index in [1.165, 1.54) is 0 Å². The van der Waals surface area contributed by atoms with Crippen LogP contribution in [0.4, 0.5) is 0 Å². The van der Waals surface area contributed by atoms with Crippen molar-refractivity contribution in [3.8, 4) is 0 Å². The normalized spacial score (nSPS) is 5.00. The minimum Gasteiger partial charge on any atom is -0.289 e. The highest BCUT2D eigenvalue weighted by Gasteiger charge is 1.33. The summed E-state index contributed by atoms with van der Waals surface area (Å²) in [5.74, 6) is 0. The Bertz CT molecular complexity index is 27.0. The molecule has 0 bridgehead atoms. The zero-order valence-electron chi connectivity index (χ0n) is 1.93. The van der Waals surface area contributed by atoms with Crippen LogP contribution in [0.15, 0.2) is 4.36 Å². The van der Waals surface area contributed by atoms with Gasteiger partial charge in [0.05, 0.1) is 0 Å². The first-order valence-electron chi connectivity index (χ1n) is 0.729. The van der Waals surface area contributed by atoms with E-state index < -0.39 is 0 Å². The third-order valence-electron chi connectivity index (χ3n) is 0.0527. The van der Waals surface area contributed by atoms with Crippen LogP contribution in [-0.4, -0.2) is 6.34 Å². The first kappa shape index (κ1) is 3.69. The fourth-order valence-corrected chi connectivity index (χ4v) is 0. The van der Waals surface area contributed by atoms with Crippen LogP contribution in [0.2, 0.25) is 0 Å². The summed E-state index contributed by atoms with van der Waals surface area (Å²) < 4.78 is 2.86. The summed E-state index contributed by atoms with van der Waals surface area (Å²) in [7, 11) is 0. The molecule has 2 nitrogen and oxygen atoms in total. The summed E-state index contributed by atoms with van der Waals surface area (Å²) in [5.41, 5.74) is 0. The molecule has 0 atom stereocenters. The van der Waals surface area contributed by atoms with Gasteiger partial charge in [0.25, 0.3) is 0 Å². The molecule has 0 aliphatic heterocycles. The van der Waals surface area contributed by atoms with Gasteiger partial charge in [0.15, 0.2) is 0 Å². The smallest absolute Gasteiger partial charge is 0.121 e.